The van der Waals surface area contributed by atoms with Gasteiger partial charge in [-0.3, -0.25) is 0 Å². The second-order valence-corrected chi connectivity index (χ2v) is 25.0. The van der Waals surface area contributed by atoms with E-state index in [1.54, 1.807) is 0 Å². The fraction of sp³-hybridized carbons (Fsp3) is 0.100. The van der Waals surface area contributed by atoms with Gasteiger partial charge in [-0.25, -0.2) is 0 Å². The second kappa shape index (κ2) is 15.2. The van der Waals surface area contributed by atoms with Gasteiger partial charge in [-0.2, -0.15) is 0 Å². The molecule has 0 fully saturated rings. The minimum atomic E-state index is -0.594. The van der Waals surface area contributed by atoms with Crippen LogP contribution in [0.4, 0.5) is 17.1 Å². The lowest BCUT2D eigenvalue weighted by Crippen LogP contribution is -2.27. The summed E-state index contributed by atoms with van der Waals surface area (Å²) in [6.45, 7) is 9.63. The molecular formula is C80H53NO. The van der Waals surface area contributed by atoms with Crippen LogP contribution in [0, 0.1) is 0 Å². The Balaban J connectivity index is 0.907. The monoisotopic (exact) mass is 1040 g/mol. The predicted octanol–water partition coefficient (Wildman–Crippen LogP) is 20.2. The average Bonchev–Trinajstić information content (AvgIpc) is 2.02. The minimum absolute atomic E-state index is 0.183. The fourth-order valence-corrected chi connectivity index (χ4v) is 17.2. The Morgan fingerprint density at radius 1 is 0.244 bits per heavy atom. The third kappa shape index (κ3) is 5.21. The molecule has 2 heteroatoms. The Morgan fingerprint density at radius 3 is 0.939 bits per heavy atom. The normalized spacial score (nSPS) is 16.3. The largest absolute Gasteiger partial charge is 0.453 e. The maximum atomic E-state index is 7.80. The van der Waals surface area contributed by atoms with Crippen LogP contribution in [-0.4, -0.2) is 0 Å². The van der Waals surface area contributed by atoms with Crippen molar-refractivity contribution in [1.82, 2.24) is 0 Å². The van der Waals surface area contributed by atoms with Crippen LogP contribution in [0.3, 0.4) is 0 Å². The van der Waals surface area contributed by atoms with E-state index in [-0.39, 0.29) is 10.8 Å². The lowest BCUT2D eigenvalue weighted by Gasteiger charge is -2.36. The molecule has 384 valence electrons. The number of ether oxygens (including phenoxy) is 1. The van der Waals surface area contributed by atoms with E-state index in [9.17, 15) is 0 Å². The van der Waals surface area contributed by atoms with E-state index < -0.39 is 10.8 Å². The van der Waals surface area contributed by atoms with Crippen molar-refractivity contribution in [3.05, 3.63) is 315 Å². The van der Waals surface area contributed by atoms with Crippen LogP contribution in [0.5, 0.6) is 11.5 Å². The van der Waals surface area contributed by atoms with Crippen LogP contribution in [0.25, 0.3) is 77.9 Å². The van der Waals surface area contributed by atoms with E-state index in [4.69, 9.17) is 4.74 Å². The molecule has 0 bridgehead atoms. The highest BCUT2D eigenvalue weighted by molar-refractivity contribution is 6.04. The smallest absolute Gasteiger partial charge is 0.151 e. The summed E-state index contributed by atoms with van der Waals surface area (Å²) in [5.74, 6) is 1.69. The summed E-state index contributed by atoms with van der Waals surface area (Å²) in [6.07, 6.45) is 0. The number of hydrogen-bond donors (Lipinski definition) is 0. The lowest BCUT2D eigenvalue weighted by atomic mass is 9.69. The molecule has 7 aliphatic rings. The first-order chi connectivity index (χ1) is 40.2. The van der Waals surface area contributed by atoms with E-state index in [2.05, 4.69) is 281 Å². The molecule has 12 aromatic rings. The SMILES string of the molecule is CC1(C)c2ccccc2-c2cc3c(cc21)-c1cc2c(cc1C31c3ccccc3-c3ccccc31)Oc1cc3c(cc1N2c1ccc(-c2ccccc2)cc1)-c1cc2c(cc1C31c3ccccc3-c3ccccc31)-c1ccccc1C2(C)C. The van der Waals surface area contributed by atoms with Gasteiger partial charge in [-0.1, -0.05) is 216 Å². The van der Waals surface area contributed by atoms with Crippen molar-refractivity contribution in [3.63, 3.8) is 0 Å². The van der Waals surface area contributed by atoms with E-state index in [0.717, 1.165) is 28.6 Å². The lowest BCUT2D eigenvalue weighted by molar-refractivity contribution is 0.474. The van der Waals surface area contributed by atoms with Gasteiger partial charge < -0.3 is 9.64 Å². The van der Waals surface area contributed by atoms with Crippen molar-refractivity contribution in [2.24, 2.45) is 0 Å². The molecule has 19 rings (SSSR count). The van der Waals surface area contributed by atoms with E-state index >= 15 is 0 Å². The topological polar surface area (TPSA) is 12.5 Å². The third-order valence-electron chi connectivity index (χ3n) is 20.7. The van der Waals surface area contributed by atoms with Gasteiger partial charge >= 0.3 is 0 Å². The summed E-state index contributed by atoms with van der Waals surface area (Å²) in [6, 6.07) is 95.0. The number of nitrogens with zero attached hydrogens (tertiary/aromatic N) is 1. The van der Waals surface area contributed by atoms with E-state index in [1.165, 1.54) is 145 Å². The molecule has 0 radical (unpaired) electrons. The zero-order chi connectivity index (χ0) is 54.2. The van der Waals surface area contributed by atoms with E-state index in [0.29, 0.717) is 0 Å². The van der Waals surface area contributed by atoms with Gasteiger partial charge in [0, 0.05) is 16.5 Å². The number of rotatable bonds is 2. The summed E-state index contributed by atoms with van der Waals surface area (Å²) in [5, 5.41) is 0. The van der Waals surface area contributed by atoms with Gasteiger partial charge in [0.25, 0.3) is 0 Å². The Morgan fingerprint density at radius 2 is 0.537 bits per heavy atom. The molecule has 12 aromatic carbocycles. The minimum Gasteiger partial charge on any atom is -0.453 e. The summed E-state index contributed by atoms with van der Waals surface area (Å²) < 4.78 is 7.80. The van der Waals surface area contributed by atoms with Crippen molar-refractivity contribution in [1.29, 1.82) is 0 Å². The second-order valence-electron chi connectivity index (χ2n) is 25.0. The molecule has 6 aliphatic carbocycles. The number of hydrogen-bond acceptors (Lipinski definition) is 2. The van der Waals surface area contributed by atoms with Crippen LogP contribution in [-0.2, 0) is 21.7 Å². The van der Waals surface area contributed by atoms with Gasteiger partial charge in [0.15, 0.2) is 11.5 Å². The molecule has 0 saturated carbocycles. The Hall–Kier alpha value is -9.76. The molecule has 0 N–H and O–H groups in total. The standard InChI is InChI=1S/C80H53NO/c1-77(2)61-28-14-8-26-53(61)55-40-69-57(38-67(55)77)59-42-73-75(44-71(59)79(69)63-30-16-10-22-49(63)50-23-11-17-31-64(50)79)82-76-45-72-60(43-74(76)81(73)48-36-34-47(35-37-48)46-20-6-5-7-21-46)58-39-68-56(54-27-9-15-29-62(54)78(68,3)4)41-70(58)80(72)65-32-18-12-24-51(65)52-25-13-19-33-66(52)80/h5-45H,1-4H3. The zero-order valence-corrected chi connectivity index (χ0v) is 46.0. The number of fused-ring (bicyclic) bond motifs is 28. The number of anilines is 3. The molecule has 2 nitrogen and oxygen atoms in total. The van der Waals surface area contributed by atoms with Gasteiger partial charge in [-0.15, -0.1) is 0 Å². The Labute approximate surface area is 478 Å². The predicted molar refractivity (Wildman–Crippen MR) is 334 cm³/mol. The molecule has 0 atom stereocenters. The molecule has 0 aromatic heterocycles. The molecule has 1 aliphatic heterocycles. The van der Waals surface area contributed by atoms with Crippen molar-refractivity contribution in [2.75, 3.05) is 4.90 Å². The van der Waals surface area contributed by atoms with Crippen LogP contribution < -0.4 is 9.64 Å². The van der Waals surface area contributed by atoms with Gasteiger partial charge in [0.05, 0.1) is 22.2 Å². The van der Waals surface area contributed by atoms with Crippen LogP contribution in [0.2, 0.25) is 0 Å². The summed E-state index contributed by atoms with van der Waals surface area (Å²) in [5.41, 5.74) is 35.5. The van der Waals surface area contributed by atoms with Gasteiger partial charge in [0.2, 0.25) is 0 Å². The summed E-state index contributed by atoms with van der Waals surface area (Å²) in [4.78, 5) is 2.52. The molecule has 2 spiro atoms. The summed E-state index contributed by atoms with van der Waals surface area (Å²) >= 11 is 0. The maximum Gasteiger partial charge on any atom is 0.151 e. The van der Waals surface area contributed by atoms with Crippen molar-refractivity contribution < 1.29 is 4.74 Å². The first-order valence-electron chi connectivity index (χ1n) is 29.1. The van der Waals surface area contributed by atoms with Crippen LogP contribution in [0.15, 0.2) is 249 Å². The Bertz CT molecular complexity index is 4540. The van der Waals surface area contributed by atoms with Crippen LogP contribution >= 0.6 is 0 Å². The molecular weight excluding hydrogens is 991 g/mol. The molecule has 82 heavy (non-hydrogen) atoms. The highest BCUT2D eigenvalue weighted by atomic mass is 16.5. The summed E-state index contributed by atoms with van der Waals surface area (Å²) in [7, 11) is 0. The Kier molecular flexibility index (Phi) is 8.33. The first kappa shape index (κ1) is 45.0. The highest BCUT2D eigenvalue weighted by Gasteiger charge is 2.56. The van der Waals surface area contributed by atoms with Crippen molar-refractivity contribution >= 4 is 17.1 Å². The quantitative estimate of drug-likeness (QED) is 0.171. The van der Waals surface area contributed by atoms with Crippen molar-refractivity contribution in [2.45, 2.75) is 49.4 Å². The average molecular weight is 1040 g/mol. The molecule has 0 unspecified atom stereocenters. The van der Waals surface area contributed by atoms with Gasteiger partial charge in [0.1, 0.15) is 0 Å². The van der Waals surface area contributed by atoms with Crippen LogP contribution in [0.1, 0.15) is 94.5 Å². The third-order valence-corrected chi connectivity index (χ3v) is 20.7. The van der Waals surface area contributed by atoms with Crippen molar-refractivity contribution in [3.8, 4) is 89.4 Å². The van der Waals surface area contributed by atoms with Gasteiger partial charge in [-0.05, 0) is 205 Å². The molecule has 1 heterocycles. The van der Waals surface area contributed by atoms with E-state index in [1.807, 2.05) is 0 Å². The molecule has 0 amide bonds. The fourth-order valence-electron chi connectivity index (χ4n) is 17.2. The zero-order valence-electron chi connectivity index (χ0n) is 46.0. The number of benzene rings is 12. The first-order valence-corrected chi connectivity index (χ1v) is 29.1. The molecule has 0 saturated heterocycles. The maximum absolute atomic E-state index is 7.80. The highest BCUT2D eigenvalue weighted by Crippen LogP contribution is 2.70.